The Morgan fingerprint density at radius 3 is 2.79 bits per heavy atom. The molecule has 19 heavy (non-hydrogen) atoms. The molecule has 1 aliphatic rings. The lowest BCUT2D eigenvalue weighted by molar-refractivity contribution is 0.0557. The van der Waals surface area contributed by atoms with Crippen LogP contribution in [0.5, 0.6) is 0 Å². The van der Waals surface area contributed by atoms with E-state index in [-0.39, 0.29) is 22.2 Å². The van der Waals surface area contributed by atoms with E-state index in [1.165, 1.54) is 0 Å². The average Bonchev–Trinajstić information content (AvgIpc) is 2.30. The standard InChI is InChI=1S/C13H17ClFN3O/c1-18(2)13(4-3-5-13)8-17-12(19)10-6-9(15)7-16-11(10)14/h6-7H,3-5,8H2,1-2H3,(H,17,19). The predicted molar refractivity (Wildman–Crippen MR) is 71.8 cm³/mol. The van der Waals surface area contributed by atoms with Crippen LogP contribution in [0.3, 0.4) is 0 Å². The Kier molecular flexibility index (Phi) is 4.06. The summed E-state index contributed by atoms with van der Waals surface area (Å²) in [6, 6.07) is 1.10. The number of rotatable bonds is 4. The fourth-order valence-electron chi connectivity index (χ4n) is 2.29. The molecule has 0 atom stereocenters. The number of aromatic nitrogens is 1. The first-order chi connectivity index (χ1) is 8.94. The highest BCUT2D eigenvalue weighted by Gasteiger charge is 2.39. The van der Waals surface area contributed by atoms with Crippen LogP contribution in [0.4, 0.5) is 4.39 Å². The van der Waals surface area contributed by atoms with Crippen LogP contribution in [-0.4, -0.2) is 42.0 Å². The van der Waals surface area contributed by atoms with Crippen molar-refractivity contribution in [2.45, 2.75) is 24.8 Å². The number of carbonyl (C=O) groups is 1. The van der Waals surface area contributed by atoms with Gasteiger partial charge in [-0.1, -0.05) is 11.6 Å². The SMILES string of the molecule is CN(C)C1(CNC(=O)c2cc(F)cnc2Cl)CCC1. The van der Waals surface area contributed by atoms with Crippen molar-refractivity contribution in [2.75, 3.05) is 20.6 Å². The maximum absolute atomic E-state index is 13.1. The molecule has 1 aromatic heterocycles. The molecule has 1 heterocycles. The molecule has 4 nitrogen and oxygen atoms in total. The van der Waals surface area contributed by atoms with E-state index in [2.05, 4.69) is 15.2 Å². The van der Waals surface area contributed by atoms with Crippen LogP contribution in [0.1, 0.15) is 29.6 Å². The van der Waals surface area contributed by atoms with Gasteiger partial charge >= 0.3 is 0 Å². The second-order valence-corrected chi connectivity index (χ2v) is 5.50. The molecule has 0 radical (unpaired) electrons. The maximum Gasteiger partial charge on any atom is 0.254 e. The summed E-state index contributed by atoms with van der Waals surface area (Å²) in [4.78, 5) is 17.8. The van der Waals surface area contributed by atoms with Crippen molar-refractivity contribution in [2.24, 2.45) is 0 Å². The molecule has 1 fully saturated rings. The van der Waals surface area contributed by atoms with Gasteiger partial charge in [0.25, 0.3) is 5.91 Å². The Morgan fingerprint density at radius 2 is 2.26 bits per heavy atom. The Balaban J connectivity index is 2.03. The lowest BCUT2D eigenvalue weighted by Gasteiger charge is -2.47. The van der Waals surface area contributed by atoms with Gasteiger partial charge in [-0.2, -0.15) is 0 Å². The van der Waals surface area contributed by atoms with E-state index in [0.717, 1.165) is 31.5 Å². The zero-order valence-corrected chi connectivity index (χ0v) is 11.8. The quantitative estimate of drug-likeness (QED) is 0.862. The van der Waals surface area contributed by atoms with Crippen molar-refractivity contribution < 1.29 is 9.18 Å². The molecule has 1 N–H and O–H groups in total. The number of likely N-dealkylation sites (N-methyl/N-ethyl adjacent to an activating group) is 1. The predicted octanol–water partition coefficient (Wildman–Crippen LogP) is 2.09. The highest BCUT2D eigenvalue weighted by atomic mass is 35.5. The van der Waals surface area contributed by atoms with Gasteiger partial charge in [-0.3, -0.25) is 4.79 Å². The summed E-state index contributed by atoms with van der Waals surface area (Å²) >= 11 is 5.80. The van der Waals surface area contributed by atoms with Gasteiger partial charge in [0.2, 0.25) is 0 Å². The molecule has 0 unspecified atom stereocenters. The van der Waals surface area contributed by atoms with Gasteiger partial charge in [0, 0.05) is 12.1 Å². The summed E-state index contributed by atoms with van der Waals surface area (Å²) in [5.74, 6) is -0.953. The number of carbonyl (C=O) groups excluding carboxylic acids is 1. The molecule has 104 valence electrons. The fourth-order valence-corrected chi connectivity index (χ4v) is 2.48. The van der Waals surface area contributed by atoms with Crippen LogP contribution in [-0.2, 0) is 0 Å². The van der Waals surface area contributed by atoms with Crippen molar-refractivity contribution in [3.63, 3.8) is 0 Å². The number of pyridine rings is 1. The number of hydrogen-bond acceptors (Lipinski definition) is 3. The topological polar surface area (TPSA) is 45.2 Å². The summed E-state index contributed by atoms with van der Waals surface area (Å²) in [5, 5.41) is 2.84. The van der Waals surface area contributed by atoms with Crippen LogP contribution in [0.15, 0.2) is 12.3 Å². The highest BCUT2D eigenvalue weighted by molar-refractivity contribution is 6.32. The summed E-state index contributed by atoms with van der Waals surface area (Å²) < 4.78 is 13.1. The Morgan fingerprint density at radius 1 is 1.58 bits per heavy atom. The zero-order valence-electron chi connectivity index (χ0n) is 11.0. The van der Waals surface area contributed by atoms with Crippen LogP contribution >= 0.6 is 11.6 Å². The molecule has 0 spiro atoms. The molecule has 0 bridgehead atoms. The summed E-state index contributed by atoms with van der Waals surface area (Å²) in [5.41, 5.74) is 0.0954. The molecule has 0 saturated heterocycles. The molecule has 0 aromatic carbocycles. The van der Waals surface area contributed by atoms with E-state index < -0.39 is 5.82 Å². The Labute approximate surface area is 117 Å². The van der Waals surface area contributed by atoms with Crippen molar-refractivity contribution in [3.05, 3.63) is 28.8 Å². The zero-order chi connectivity index (χ0) is 14.0. The summed E-state index contributed by atoms with van der Waals surface area (Å²) in [6.45, 7) is 0.533. The molecule has 2 rings (SSSR count). The van der Waals surface area contributed by atoms with E-state index >= 15 is 0 Å². The molecule has 1 saturated carbocycles. The van der Waals surface area contributed by atoms with Gasteiger partial charge in [0.1, 0.15) is 11.0 Å². The van der Waals surface area contributed by atoms with Crippen molar-refractivity contribution in [1.82, 2.24) is 15.2 Å². The third-order valence-electron chi connectivity index (χ3n) is 3.86. The van der Waals surface area contributed by atoms with E-state index in [4.69, 9.17) is 11.6 Å². The summed E-state index contributed by atoms with van der Waals surface area (Å²) in [7, 11) is 4.00. The molecule has 0 aliphatic heterocycles. The molecular weight excluding hydrogens is 269 g/mol. The maximum atomic E-state index is 13.1. The fraction of sp³-hybridized carbons (Fsp3) is 0.538. The molecule has 6 heteroatoms. The summed E-state index contributed by atoms with van der Waals surface area (Å²) in [6.07, 6.45) is 4.26. The number of nitrogens with one attached hydrogen (secondary N) is 1. The van der Waals surface area contributed by atoms with Gasteiger partial charge < -0.3 is 10.2 Å². The average molecular weight is 286 g/mol. The Hall–Kier alpha value is -1.20. The Bertz CT molecular complexity index is 489. The van der Waals surface area contributed by atoms with Crippen LogP contribution in [0.25, 0.3) is 0 Å². The van der Waals surface area contributed by atoms with E-state index in [9.17, 15) is 9.18 Å². The minimum Gasteiger partial charge on any atom is -0.350 e. The second-order valence-electron chi connectivity index (χ2n) is 5.15. The normalized spacial score (nSPS) is 17.1. The molecular formula is C13H17ClFN3O. The van der Waals surface area contributed by atoms with Gasteiger partial charge in [0.15, 0.2) is 0 Å². The van der Waals surface area contributed by atoms with E-state index in [1.807, 2.05) is 14.1 Å². The van der Waals surface area contributed by atoms with E-state index in [1.54, 1.807) is 0 Å². The molecule has 1 aliphatic carbocycles. The number of amides is 1. The van der Waals surface area contributed by atoms with Crippen LogP contribution in [0.2, 0.25) is 5.15 Å². The number of nitrogens with zero attached hydrogens (tertiary/aromatic N) is 2. The smallest absolute Gasteiger partial charge is 0.254 e. The minimum absolute atomic E-state index is 0.0168. The van der Waals surface area contributed by atoms with Crippen molar-refractivity contribution >= 4 is 17.5 Å². The first-order valence-corrected chi connectivity index (χ1v) is 6.59. The van der Waals surface area contributed by atoms with Crippen LogP contribution < -0.4 is 5.32 Å². The third-order valence-corrected chi connectivity index (χ3v) is 4.16. The lowest BCUT2D eigenvalue weighted by atomic mass is 9.75. The van der Waals surface area contributed by atoms with Gasteiger partial charge in [-0.15, -0.1) is 0 Å². The van der Waals surface area contributed by atoms with E-state index in [0.29, 0.717) is 6.54 Å². The first kappa shape index (κ1) is 14.2. The third kappa shape index (κ3) is 2.87. The largest absolute Gasteiger partial charge is 0.350 e. The van der Waals surface area contributed by atoms with Gasteiger partial charge in [0.05, 0.1) is 11.8 Å². The second kappa shape index (κ2) is 5.43. The van der Waals surface area contributed by atoms with Gasteiger partial charge in [-0.05, 0) is 39.4 Å². The van der Waals surface area contributed by atoms with Crippen LogP contribution in [0, 0.1) is 5.82 Å². The number of hydrogen-bond donors (Lipinski definition) is 1. The van der Waals surface area contributed by atoms with Crippen molar-refractivity contribution in [3.8, 4) is 0 Å². The lowest BCUT2D eigenvalue weighted by Crippen LogP contribution is -2.57. The monoisotopic (exact) mass is 285 g/mol. The minimum atomic E-state index is -0.569. The molecule has 1 amide bonds. The van der Waals surface area contributed by atoms with Gasteiger partial charge in [-0.25, -0.2) is 9.37 Å². The molecule has 1 aromatic rings. The first-order valence-electron chi connectivity index (χ1n) is 6.21. The highest BCUT2D eigenvalue weighted by Crippen LogP contribution is 2.35. The van der Waals surface area contributed by atoms with Crippen molar-refractivity contribution in [1.29, 1.82) is 0 Å². The number of halogens is 2.